The highest BCUT2D eigenvalue weighted by Gasteiger charge is 2.51. The Morgan fingerprint density at radius 2 is 0.862 bits per heavy atom. The number of unbranched alkanes of at least 4 members (excludes halogenated alkanes) is 27. The second kappa shape index (κ2) is 42.6. The van der Waals surface area contributed by atoms with Crippen molar-refractivity contribution in [3.8, 4) is 0 Å². The van der Waals surface area contributed by atoms with E-state index < -0.39 is 63.1 Å². The van der Waals surface area contributed by atoms with E-state index in [1.54, 1.807) is 0 Å². The predicted molar refractivity (Wildman–Crippen MR) is 263 cm³/mol. The van der Waals surface area contributed by atoms with Crippen LogP contribution in [0.5, 0.6) is 0 Å². The summed E-state index contributed by atoms with van der Waals surface area (Å²) in [5.74, 6) is -0.480. The van der Waals surface area contributed by atoms with Crippen molar-refractivity contribution in [1.29, 1.82) is 0 Å². The molecule has 1 aliphatic carbocycles. The standard InChI is InChI=1S/C52H97O12P/c1-3-5-7-9-11-13-15-17-19-21-23-25-27-29-31-33-35-37-39-41-46(53)63-45(44-62-65(59,60)64-52-50(57)48(55)47(54)49(56)51(52)58)43-61-42-40-38-36-34-32-30-28-26-24-22-20-18-16-14-12-10-8-6-4-2/h14,16-17,19-20,22,45,47-52,54-58H,3-13,15,18,21,23-44H2,1-2H3,(H,59,60)/b16-14-,19-17-,22-20-. The Balaban J connectivity index is 2.34. The smallest absolute Gasteiger partial charge is 0.457 e. The number of carbonyl (C=O) groups is 1. The van der Waals surface area contributed by atoms with Crippen LogP contribution in [0, 0.1) is 0 Å². The Kier molecular flexibility index (Phi) is 40.4. The van der Waals surface area contributed by atoms with E-state index in [4.69, 9.17) is 18.5 Å². The molecule has 1 aliphatic rings. The van der Waals surface area contributed by atoms with Gasteiger partial charge >= 0.3 is 13.8 Å². The highest BCUT2D eigenvalue weighted by atomic mass is 31.2. The van der Waals surface area contributed by atoms with E-state index in [2.05, 4.69) is 50.3 Å². The molecular formula is C52H97O12P. The van der Waals surface area contributed by atoms with E-state index in [0.29, 0.717) is 13.0 Å². The first-order valence-electron chi connectivity index (χ1n) is 26.3. The molecule has 0 aromatic rings. The Morgan fingerprint density at radius 1 is 0.492 bits per heavy atom. The molecule has 6 unspecified atom stereocenters. The fourth-order valence-electron chi connectivity index (χ4n) is 8.03. The molecule has 12 nitrogen and oxygen atoms in total. The number of carbonyl (C=O) groups excluding carboxylic acids is 1. The first-order valence-corrected chi connectivity index (χ1v) is 27.8. The van der Waals surface area contributed by atoms with Gasteiger partial charge in [0.15, 0.2) is 0 Å². The number of aliphatic hydroxyl groups excluding tert-OH is 5. The summed E-state index contributed by atoms with van der Waals surface area (Å²) >= 11 is 0. The fraction of sp³-hybridized carbons (Fsp3) is 0.865. The maximum Gasteiger partial charge on any atom is 0.472 e. The third kappa shape index (κ3) is 34.5. The van der Waals surface area contributed by atoms with Gasteiger partial charge in [0.1, 0.15) is 42.7 Å². The molecule has 0 aromatic heterocycles. The largest absolute Gasteiger partial charge is 0.472 e. The first-order chi connectivity index (χ1) is 31.5. The average Bonchev–Trinajstić information content (AvgIpc) is 3.29. The summed E-state index contributed by atoms with van der Waals surface area (Å²) in [5, 5.41) is 50.3. The van der Waals surface area contributed by atoms with Crippen LogP contribution < -0.4 is 0 Å². The second-order valence-electron chi connectivity index (χ2n) is 18.4. The van der Waals surface area contributed by atoms with Crippen molar-refractivity contribution in [2.24, 2.45) is 0 Å². The van der Waals surface area contributed by atoms with Crippen LogP contribution in [0.4, 0.5) is 0 Å². The molecule has 6 N–H and O–H groups in total. The molecule has 0 bridgehead atoms. The molecule has 0 saturated heterocycles. The molecule has 6 atom stereocenters. The van der Waals surface area contributed by atoms with Crippen LogP contribution in [0.2, 0.25) is 0 Å². The third-order valence-electron chi connectivity index (χ3n) is 12.2. The Bertz CT molecular complexity index is 1210. The van der Waals surface area contributed by atoms with E-state index >= 15 is 0 Å². The molecule has 0 aromatic carbocycles. The number of allylic oxidation sites excluding steroid dienone is 6. The summed E-state index contributed by atoms with van der Waals surface area (Å²) in [6, 6.07) is 0. The van der Waals surface area contributed by atoms with Crippen molar-refractivity contribution >= 4 is 13.8 Å². The number of rotatable bonds is 45. The van der Waals surface area contributed by atoms with Crippen LogP contribution >= 0.6 is 7.82 Å². The summed E-state index contributed by atoms with van der Waals surface area (Å²) in [4.78, 5) is 23.3. The van der Waals surface area contributed by atoms with E-state index in [9.17, 15) is 39.8 Å². The van der Waals surface area contributed by atoms with Gasteiger partial charge in [-0.25, -0.2) is 4.57 Å². The topological polar surface area (TPSA) is 192 Å². The van der Waals surface area contributed by atoms with Gasteiger partial charge in [-0.15, -0.1) is 0 Å². The monoisotopic (exact) mass is 945 g/mol. The van der Waals surface area contributed by atoms with E-state index in [1.165, 1.54) is 141 Å². The highest BCUT2D eigenvalue weighted by Crippen LogP contribution is 2.47. The summed E-state index contributed by atoms with van der Waals surface area (Å²) in [5.41, 5.74) is 0. The normalized spacial score (nSPS) is 21.8. The number of phosphoric acid groups is 1. The lowest BCUT2D eigenvalue weighted by Crippen LogP contribution is -2.64. The summed E-state index contributed by atoms with van der Waals surface area (Å²) < 4.78 is 34.3. The van der Waals surface area contributed by atoms with Gasteiger partial charge in [-0.3, -0.25) is 13.8 Å². The molecule has 65 heavy (non-hydrogen) atoms. The van der Waals surface area contributed by atoms with E-state index in [0.717, 1.165) is 57.8 Å². The van der Waals surface area contributed by atoms with Crippen LogP contribution in [0.3, 0.4) is 0 Å². The first kappa shape index (κ1) is 61.6. The molecule has 13 heteroatoms. The lowest BCUT2D eigenvalue weighted by Gasteiger charge is -2.41. The Morgan fingerprint density at radius 3 is 1.32 bits per heavy atom. The minimum Gasteiger partial charge on any atom is -0.457 e. The fourth-order valence-corrected chi connectivity index (χ4v) is 9.00. The van der Waals surface area contributed by atoms with Gasteiger partial charge in [-0.05, 0) is 70.6 Å². The second-order valence-corrected chi connectivity index (χ2v) is 19.8. The molecule has 0 heterocycles. The predicted octanol–water partition coefficient (Wildman–Crippen LogP) is 11.8. The molecule has 1 saturated carbocycles. The lowest BCUT2D eigenvalue weighted by molar-refractivity contribution is -0.220. The van der Waals surface area contributed by atoms with Crippen molar-refractivity contribution < 1.29 is 58.3 Å². The Labute approximate surface area is 395 Å². The van der Waals surface area contributed by atoms with Gasteiger partial charge in [0.05, 0.1) is 13.2 Å². The van der Waals surface area contributed by atoms with E-state index in [-0.39, 0.29) is 13.0 Å². The SMILES string of the molecule is CCCCCC/C=C\C/C=C\CCCCCCCCCCOCC(COP(=O)(O)OC1C(O)C(O)C(O)C(O)C1O)OC(=O)CCCCCCCCCCC/C=C\CCCCCCCC. The number of hydrogen-bond acceptors (Lipinski definition) is 11. The lowest BCUT2D eigenvalue weighted by atomic mass is 9.85. The van der Waals surface area contributed by atoms with Gasteiger partial charge in [0, 0.05) is 13.0 Å². The summed E-state index contributed by atoms with van der Waals surface area (Å²) in [6.45, 7) is 4.25. The van der Waals surface area contributed by atoms with Crippen LogP contribution in [0.1, 0.15) is 226 Å². The minimum atomic E-state index is -5.02. The zero-order valence-corrected chi connectivity index (χ0v) is 41.9. The molecule has 0 radical (unpaired) electrons. The van der Waals surface area contributed by atoms with Crippen molar-refractivity contribution in [3.63, 3.8) is 0 Å². The number of esters is 1. The average molecular weight is 945 g/mol. The molecule has 382 valence electrons. The van der Waals surface area contributed by atoms with Crippen LogP contribution in [-0.2, 0) is 27.9 Å². The molecule has 1 fully saturated rings. The van der Waals surface area contributed by atoms with Crippen molar-refractivity contribution in [3.05, 3.63) is 36.5 Å². The van der Waals surface area contributed by atoms with Gasteiger partial charge in [-0.2, -0.15) is 0 Å². The summed E-state index contributed by atoms with van der Waals surface area (Å²) in [6.07, 6.45) is 39.2. The van der Waals surface area contributed by atoms with Crippen molar-refractivity contribution in [2.75, 3.05) is 19.8 Å². The third-order valence-corrected chi connectivity index (χ3v) is 13.2. The van der Waals surface area contributed by atoms with Gasteiger partial charge in [-0.1, -0.05) is 185 Å². The molecule has 0 amide bonds. The number of hydrogen-bond donors (Lipinski definition) is 6. The summed E-state index contributed by atoms with van der Waals surface area (Å²) in [7, 11) is -5.02. The van der Waals surface area contributed by atoms with Gasteiger partial charge < -0.3 is 39.9 Å². The quantitative estimate of drug-likeness (QED) is 0.0147. The highest BCUT2D eigenvalue weighted by molar-refractivity contribution is 7.47. The zero-order valence-electron chi connectivity index (χ0n) is 41.0. The minimum absolute atomic E-state index is 0.0801. The Hall–Kier alpha value is -1.44. The zero-order chi connectivity index (χ0) is 47.6. The molecular weight excluding hydrogens is 848 g/mol. The van der Waals surface area contributed by atoms with Gasteiger partial charge in [0.25, 0.3) is 0 Å². The number of ether oxygens (including phenoxy) is 2. The number of aliphatic hydroxyl groups is 5. The van der Waals surface area contributed by atoms with Crippen LogP contribution in [0.25, 0.3) is 0 Å². The van der Waals surface area contributed by atoms with Crippen molar-refractivity contribution in [2.45, 2.75) is 268 Å². The van der Waals surface area contributed by atoms with E-state index in [1.807, 2.05) is 0 Å². The van der Waals surface area contributed by atoms with Crippen molar-refractivity contribution in [1.82, 2.24) is 0 Å². The van der Waals surface area contributed by atoms with Crippen LogP contribution in [0.15, 0.2) is 36.5 Å². The number of phosphoric ester groups is 1. The van der Waals surface area contributed by atoms with Gasteiger partial charge in [0.2, 0.25) is 0 Å². The maximum absolute atomic E-state index is 12.9. The maximum atomic E-state index is 12.9. The van der Waals surface area contributed by atoms with Crippen LogP contribution in [-0.4, -0.2) is 98.9 Å². The molecule has 0 spiro atoms. The molecule has 0 aliphatic heterocycles. The molecule has 1 rings (SSSR count).